The molecule has 2 aromatic heterocycles. The van der Waals surface area contributed by atoms with Gasteiger partial charge in [0.2, 0.25) is 0 Å². The number of hydrogen-bond donors (Lipinski definition) is 2. The molecule has 2 N–H and O–H groups in total. The standard InChI is InChI=1S/C17H15N5OS/c1-10(2)11-3-5-12(6-4-11)17-21-15(9-24-17)16(23)20-14-8-19-22-13(14)7-18/h3-6,8-10H,1-2H3,(H,19,22)(H,20,23). The second-order valence-corrected chi connectivity index (χ2v) is 6.40. The minimum Gasteiger partial charge on any atom is -0.317 e. The number of H-pyrrole nitrogens is 1. The van der Waals surface area contributed by atoms with E-state index >= 15 is 0 Å². The molecule has 0 bridgehead atoms. The van der Waals surface area contributed by atoms with Gasteiger partial charge in [-0.2, -0.15) is 10.4 Å². The van der Waals surface area contributed by atoms with E-state index in [-0.39, 0.29) is 11.6 Å². The van der Waals surface area contributed by atoms with E-state index in [0.29, 0.717) is 17.3 Å². The van der Waals surface area contributed by atoms with Crippen LogP contribution in [0.3, 0.4) is 0 Å². The quantitative estimate of drug-likeness (QED) is 0.757. The number of aromatic nitrogens is 3. The second kappa shape index (κ2) is 6.64. The second-order valence-electron chi connectivity index (χ2n) is 5.54. The highest BCUT2D eigenvalue weighted by Crippen LogP contribution is 2.26. The topological polar surface area (TPSA) is 94.5 Å². The van der Waals surface area contributed by atoms with E-state index in [0.717, 1.165) is 10.6 Å². The van der Waals surface area contributed by atoms with Crippen molar-refractivity contribution in [3.8, 4) is 16.6 Å². The monoisotopic (exact) mass is 337 g/mol. The molecule has 1 amide bonds. The van der Waals surface area contributed by atoms with Crippen molar-refractivity contribution < 1.29 is 4.79 Å². The Labute approximate surface area is 143 Å². The largest absolute Gasteiger partial charge is 0.317 e. The highest BCUT2D eigenvalue weighted by Gasteiger charge is 2.15. The summed E-state index contributed by atoms with van der Waals surface area (Å²) in [4.78, 5) is 16.6. The van der Waals surface area contributed by atoms with Crippen molar-refractivity contribution in [3.63, 3.8) is 0 Å². The van der Waals surface area contributed by atoms with Gasteiger partial charge >= 0.3 is 0 Å². The number of hydrogen-bond acceptors (Lipinski definition) is 5. The molecule has 0 fully saturated rings. The van der Waals surface area contributed by atoms with Crippen LogP contribution >= 0.6 is 11.3 Å². The van der Waals surface area contributed by atoms with E-state index in [4.69, 9.17) is 5.26 Å². The van der Waals surface area contributed by atoms with Crippen molar-refractivity contribution in [2.24, 2.45) is 0 Å². The molecule has 7 heteroatoms. The fraction of sp³-hybridized carbons (Fsp3) is 0.176. The minimum atomic E-state index is -0.366. The van der Waals surface area contributed by atoms with E-state index in [9.17, 15) is 4.79 Å². The first-order valence-corrected chi connectivity index (χ1v) is 8.27. The predicted octanol–water partition coefficient (Wildman–Crippen LogP) is 3.78. The van der Waals surface area contributed by atoms with Crippen LogP contribution in [0.25, 0.3) is 10.6 Å². The van der Waals surface area contributed by atoms with Crippen molar-refractivity contribution in [2.45, 2.75) is 19.8 Å². The fourth-order valence-corrected chi connectivity index (χ4v) is 2.98. The first-order chi connectivity index (χ1) is 11.6. The first kappa shape index (κ1) is 15.9. The lowest BCUT2D eigenvalue weighted by Crippen LogP contribution is -2.12. The summed E-state index contributed by atoms with van der Waals surface area (Å²) in [6.45, 7) is 4.29. The molecule has 0 radical (unpaired) electrons. The Kier molecular flexibility index (Phi) is 4.40. The molecule has 0 aliphatic carbocycles. The average molecular weight is 337 g/mol. The van der Waals surface area contributed by atoms with Gasteiger partial charge in [0.15, 0.2) is 5.69 Å². The van der Waals surface area contributed by atoms with Gasteiger partial charge in [-0.25, -0.2) is 4.98 Å². The van der Waals surface area contributed by atoms with E-state index in [1.807, 2.05) is 18.2 Å². The molecule has 6 nitrogen and oxygen atoms in total. The fourth-order valence-electron chi connectivity index (χ4n) is 2.17. The number of aromatic amines is 1. The average Bonchev–Trinajstić information content (AvgIpc) is 3.24. The number of anilines is 1. The summed E-state index contributed by atoms with van der Waals surface area (Å²) in [5.74, 6) is 0.107. The lowest BCUT2D eigenvalue weighted by Gasteiger charge is -2.05. The molecule has 0 saturated carbocycles. The van der Waals surface area contributed by atoms with Crippen LogP contribution in [0.5, 0.6) is 0 Å². The van der Waals surface area contributed by atoms with E-state index in [2.05, 4.69) is 46.5 Å². The van der Waals surface area contributed by atoms with Gasteiger partial charge < -0.3 is 5.32 Å². The van der Waals surface area contributed by atoms with Crippen LogP contribution in [-0.4, -0.2) is 21.1 Å². The molecule has 0 aliphatic heterocycles. The smallest absolute Gasteiger partial charge is 0.275 e. The highest BCUT2D eigenvalue weighted by atomic mass is 32.1. The third-order valence-electron chi connectivity index (χ3n) is 3.56. The number of thiazole rings is 1. The summed E-state index contributed by atoms with van der Waals surface area (Å²) < 4.78 is 0. The maximum absolute atomic E-state index is 12.3. The number of carbonyl (C=O) groups excluding carboxylic acids is 1. The van der Waals surface area contributed by atoms with Crippen molar-refractivity contribution in [1.29, 1.82) is 5.26 Å². The molecule has 120 valence electrons. The zero-order valence-corrected chi connectivity index (χ0v) is 14.0. The molecule has 0 atom stereocenters. The molecule has 3 rings (SSSR count). The van der Waals surface area contributed by atoms with Crippen LogP contribution in [0.4, 0.5) is 5.69 Å². The van der Waals surface area contributed by atoms with Gasteiger partial charge in [0.1, 0.15) is 16.8 Å². The van der Waals surface area contributed by atoms with Crippen molar-refractivity contribution in [1.82, 2.24) is 15.2 Å². The van der Waals surface area contributed by atoms with Crippen LogP contribution in [-0.2, 0) is 0 Å². The van der Waals surface area contributed by atoms with Gasteiger partial charge in [-0.1, -0.05) is 38.1 Å². The molecule has 1 aromatic carbocycles. The minimum absolute atomic E-state index is 0.211. The van der Waals surface area contributed by atoms with Crippen LogP contribution in [0.15, 0.2) is 35.8 Å². The Balaban J connectivity index is 1.77. The summed E-state index contributed by atoms with van der Waals surface area (Å²) in [5, 5.41) is 20.3. The number of benzene rings is 1. The number of amides is 1. The van der Waals surface area contributed by atoms with E-state index in [1.54, 1.807) is 5.38 Å². The SMILES string of the molecule is CC(C)c1ccc(-c2nc(C(=O)Nc3cn[nH]c3C#N)cs2)cc1. The van der Waals surface area contributed by atoms with Crippen LogP contribution in [0.1, 0.15) is 41.5 Å². The zero-order chi connectivity index (χ0) is 17.1. The normalized spacial score (nSPS) is 10.6. The van der Waals surface area contributed by atoms with Crippen molar-refractivity contribution >= 4 is 22.9 Å². The van der Waals surface area contributed by atoms with E-state index < -0.39 is 0 Å². The van der Waals surface area contributed by atoms with Crippen LogP contribution in [0, 0.1) is 11.3 Å². The van der Waals surface area contributed by atoms with Crippen molar-refractivity contribution in [2.75, 3.05) is 5.32 Å². The summed E-state index contributed by atoms with van der Waals surface area (Å²) in [6, 6.07) is 10.1. The van der Waals surface area contributed by atoms with Gasteiger partial charge in [0.05, 0.1) is 11.9 Å². The predicted molar refractivity (Wildman–Crippen MR) is 92.9 cm³/mol. The first-order valence-electron chi connectivity index (χ1n) is 7.39. The zero-order valence-electron chi connectivity index (χ0n) is 13.2. The molecule has 2 heterocycles. The molecule has 0 unspecified atom stereocenters. The van der Waals surface area contributed by atoms with Gasteiger partial charge in [-0.3, -0.25) is 9.89 Å². The van der Waals surface area contributed by atoms with Gasteiger partial charge in [-0.15, -0.1) is 11.3 Å². The van der Waals surface area contributed by atoms with Crippen LogP contribution < -0.4 is 5.32 Å². The van der Waals surface area contributed by atoms with Gasteiger partial charge in [0.25, 0.3) is 5.91 Å². The Bertz CT molecular complexity index is 902. The molecule has 0 spiro atoms. The number of nitriles is 1. The molecule has 3 aromatic rings. The van der Waals surface area contributed by atoms with Gasteiger partial charge in [0, 0.05) is 10.9 Å². The summed E-state index contributed by atoms with van der Waals surface area (Å²) >= 11 is 1.41. The Hall–Kier alpha value is -2.98. The maximum Gasteiger partial charge on any atom is 0.275 e. The lowest BCUT2D eigenvalue weighted by molar-refractivity contribution is 0.102. The lowest BCUT2D eigenvalue weighted by atomic mass is 10.0. The van der Waals surface area contributed by atoms with Crippen LogP contribution in [0.2, 0.25) is 0 Å². The summed E-state index contributed by atoms with van der Waals surface area (Å²) in [6.07, 6.45) is 1.40. The number of carbonyl (C=O) groups is 1. The molecular weight excluding hydrogens is 322 g/mol. The van der Waals surface area contributed by atoms with Gasteiger partial charge in [-0.05, 0) is 11.5 Å². The van der Waals surface area contributed by atoms with Crippen molar-refractivity contribution in [3.05, 3.63) is 52.8 Å². The maximum atomic E-state index is 12.3. The molecule has 24 heavy (non-hydrogen) atoms. The molecule has 0 saturated heterocycles. The molecule has 0 aliphatic rings. The third-order valence-corrected chi connectivity index (χ3v) is 4.45. The molecular formula is C17H15N5OS. The summed E-state index contributed by atoms with van der Waals surface area (Å²) in [5.41, 5.74) is 3.11. The number of rotatable bonds is 4. The Morgan fingerprint density at radius 1 is 1.33 bits per heavy atom. The Morgan fingerprint density at radius 2 is 2.08 bits per heavy atom. The summed E-state index contributed by atoms with van der Waals surface area (Å²) in [7, 11) is 0. The highest BCUT2D eigenvalue weighted by molar-refractivity contribution is 7.13. The number of nitrogens with one attached hydrogen (secondary N) is 2. The number of nitrogens with zero attached hydrogens (tertiary/aromatic N) is 3. The third kappa shape index (κ3) is 3.19. The Morgan fingerprint density at radius 3 is 2.75 bits per heavy atom. The van der Waals surface area contributed by atoms with E-state index in [1.165, 1.54) is 23.1 Å².